The molecule has 0 aliphatic rings. The number of nitrogens with one attached hydrogen (secondary N) is 2. The molecular weight excluding hydrogens is 266 g/mol. The number of anilines is 2. The summed E-state index contributed by atoms with van der Waals surface area (Å²) in [6.45, 7) is 2.60. The van der Waals surface area contributed by atoms with Crippen LogP contribution < -0.4 is 10.6 Å². The van der Waals surface area contributed by atoms with E-state index < -0.39 is 17.5 Å². The van der Waals surface area contributed by atoms with Crippen LogP contribution in [-0.2, 0) is 0 Å². The molecular formula is C13H12F2N4O. The molecule has 7 heteroatoms. The van der Waals surface area contributed by atoms with Gasteiger partial charge in [0.1, 0.15) is 5.82 Å². The molecule has 1 aromatic heterocycles. The van der Waals surface area contributed by atoms with Gasteiger partial charge >= 0.3 is 0 Å². The lowest BCUT2D eigenvalue weighted by Gasteiger charge is -2.05. The highest BCUT2D eigenvalue weighted by Gasteiger charge is 2.10. The van der Waals surface area contributed by atoms with Gasteiger partial charge in [0.15, 0.2) is 17.3 Å². The van der Waals surface area contributed by atoms with E-state index in [1.54, 1.807) is 6.07 Å². The quantitative estimate of drug-likeness (QED) is 0.901. The van der Waals surface area contributed by atoms with Crippen LogP contribution in [0.5, 0.6) is 0 Å². The van der Waals surface area contributed by atoms with Crippen LogP contribution in [-0.4, -0.2) is 22.6 Å². The van der Waals surface area contributed by atoms with Crippen molar-refractivity contribution >= 4 is 17.4 Å². The van der Waals surface area contributed by atoms with Gasteiger partial charge in [0, 0.05) is 18.3 Å². The number of amides is 1. The summed E-state index contributed by atoms with van der Waals surface area (Å²) in [5.41, 5.74) is 0.225. The molecule has 20 heavy (non-hydrogen) atoms. The van der Waals surface area contributed by atoms with Gasteiger partial charge in [0.25, 0.3) is 5.91 Å². The largest absolute Gasteiger partial charge is 0.369 e. The molecule has 1 aromatic carbocycles. The van der Waals surface area contributed by atoms with E-state index in [9.17, 15) is 13.6 Å². The van der Waals surface area contributed by atoms with Crippen LogP contribution >= 0.6 is 0 Å². The van der Waals surface area contributed by atoms with E-state index in [1.807, 2.05) is 6.92 Å². The summed E-state index contributed by atoms with van der Waals surface area (Å²) in [5, 5.41) is 12.9. The predicted octanol–water partition coefficient (Wildman–Crippen LogP) is 2.44. The number of carbonyl (C=O) groups is 1. The molecule has 104 valence electrons. The second-order valence-corrected chi connectivity index (χ2v) is 3.92. The van der Waals surface area contributed by atoms with Crippen LogP contribution in [0.25, 0.3) is 0 Å². The minimum atomic E-state index is -1.03. The second kappa shape index (κ2) is 6.05. The van der Waals surface area contributed by atoms with Gasteiger partial charge in [0.2, 0.25) is 0 Å². The van der Waals surface area contributed by atoms with E-state index >= 15 is 0 Å². The lowest BCUT2D eigenvalue weighted by molar-refractivity contribution is 0.102. The van der Waals surface area contributed by atoms with Crippen molar-refractivity contribution in [3.63, 3.8) is 0 Å². The molecule has 2 N–H and O–H groups in total. The third-order valence-corrected chi connectivity index (χ3v) is 2.43. The minimum absolute atomic E-state index is 0.0800. The highest BCUT2D eigenvalue weighted by atomic mass is 19.2. The lowest BCUT2D eigenvalue weighted by Crippen LogP contribution is -2.15. The van der Waals surface area contributed by atoms with Crippen molar-refractivity contribution < 1.29 is 13.6 Å². The maximum absolute atomic E-state index is 13.0. The number of halogens is 2. The molecule has 0 saturated heterocycles. The fourth-order valence-corrected chi connectivity index (χ4v) is 1.50. The summed E-state index contributed by atoms with van der Waals surface area (Å²) in [5.74, 6) is -2.00. The van der Waals surface area contributed by atoms with Crippen LogP contribution in [0, 0.1) is 11.6 Å². The van der Waals surface area contributed by atoms with E-state index in [4.69, 9.17) is 0 Å². The number of rotatable bonds is 4. The highest BCUT2D eigenvalue weighted by molar-refractivity contribution is 6.02. The lowest BCUT2D eigenvalue weighted by atomic mass is 10.3. The first-order chi connectivity index (χ1) is 9.60. The molecule has 0 radical (unpaired) electrons. The summed E-state index contributed by atoms with van der Waals surface area (Å²) < 4.78 is 25.8. The molecule has 0 aliphatic carbocycles. The Kier molecular flexibility index (Phi) is 4.19. The topological polar surface area (TPSA) is 66.9 Å². The Morgan fingerprint density at radius 2 is 1.95 bits per heavy atom. The summed E-state index contributed by atoms with van der Waals surface area (Å²) in [6, 6.07) is 6.19. The monoisotopic (exact) mass is 278 g/mol. The Morgan fingerprint density at radius 3 is 2.55 bits per heavy atom. The standard InChI is InChI=1S/C13H12F2N4O/c1-2-16-12-6-5-11(18-19-12)13(20)17-8-3-4-9(14)10(15)7-8/h3-7H,2H2,1H3,(H,16,19)(H,17,20). The number of benzene rings is 1. The molecule has 1 heterocycles. The van der Waals surface area contributed by atoms with Crippen molar-refractivity contribution in [1.29, 1.82) is 0 Å². The van der Waals surface area contributed by atoms with Gasteiger partial charge in [-0.15, -0.1) is 10.2 Å². The Balaban J connectivity index is 2.09. The van der Waals surface area contributed by atoms with E-state index in [2.05, 4.69) is 20.8 Å². The Bertz CT molecular complexity index is 616. The number of hydrogen-bond donors (Lipinski definition) is 2. The molecule has 0 atom stereocenters. The van der Waals surface area contributed by atoms with Crippen LogP contribution in [0.4, 0.5) is 20.3 Å². The molecule has 2 rings (SSSR count). The van der Waals surface area contributed by atoms with Gasteiger partial charge in [-0.1, -0.05) is 0 Å². The van der Waals surface area contributed by atoms with Gasteiger partial charge in [0.05, 0.1) is 0 Å². The predicted molar refractivity (Wildman–Crippen MR) is 70.5 cm³/mol. The zero-order valence-corrected chi connectivity index (χ0v) is 10.7. The van der Waals surface area contributed by atoms with Gasteiger partial charge < -0.3 is 10.6 Å². The normalized spacial score (nSPS) is 10.2. The summed E-state index contributed by atoms with van der Waals surface area (Å²) in [6.07, 6.45) is 0. The van der Waals surface area contributed by atoms with Crippen molar-refractivity contribution in [3.8, 4) is 0 Å². The van der Waals surface area contributed by atoms with Gasteiger partial charge in [-0.2, -0.15) is 0 Å². The first kappa shape index (κ1) is 13.9. The summed E-state index contributed by atoms with van der Waals surface area (Å²) >= 11 is 0. The number of hydrogen-bond acceptors (Lipinski definition) is 4. The first-order valence-electron chi connectivity index (χ1n) is 5.94. The average molecular weight is 278 g/mol. The maximum atomic E-state index is 13.0. The highest BCUT2D eigenvalue weighted by Crippen LogP contribution is 2.14. The minimum Gasteiger partial charge on any atom is -0.369 e. The number of nitrogens with zero attached hydrogens (tertiary/aromatic N) is 2. The zero-order valence-electron chi connectivity index (χ0n) is 10.7. The van der Waals surface area contributed by atoms with Crippen molar-refractivity contribution in [2.75, 3.05) is 17.2 Å². The smallest absolute Gasteiger partial charge is 0.276 e. The van der Waals surface area contributed by atoms with Crippen LogP contribution in [0.15, 0.2) is 30.3 Å². The van der Waals surface area contributed by atoms with Crippen LogP contribution in [0.1, 0.15) is 17.4 Å². The first-order valence-corrected chi connectivity index (χ1v) is 5.94. The SMILES string of the molecule is CCNc1ccc(C(=O)Nc2ccc(F)c(F)c2)nn1. The van der Waals surface area contributed by atoms with Gasteiger partial charge in [-0.25, -0.2) is 8.78 Å². The third-order valence-electron chi connectivity index (χ3n) is 2.43. The molecule has 0 aliphatic heterocycles. The Morgan fingerprint density at radius 1 is 1.15 bits per heavy atom. The van der Waals surface area contributed by atoms with E-state index in [0.717, 1.165) is 12.1 Å². The summed E-state index contributed by atoms with van der Waals surface area (Å²) in [4.78, 5) is 11.8. The molecule has 0 unspecified atom stereocenters. The molecule has 0 spiro atoms. The summed E-state index contributed by atoms with van der Waals surface area (Å²) in [7, 11) is 0. The van der Waals surface area contributed by atoms with Gasteiger partial charge in [-0.3, -0.25) is 4.79 Å². The molecule has 0 fully saturated rings. The van der Waals surface area contributed by atoms with E-state index in [-0.39, 0.29) is 11.4 Å². The van der Waals surface area contributed by atoms with Crippen LogP contribution in [0.2, 0.25) is 0 Å². The average Bonchev–Trinajstić information content (AvgIpc) is 2.44. The van der Waals surface area contributed by atoms with Crippen molar-refractivity contribution in [3.05, 3.63) is 47.7 Å². The molecule has 0 saturated carbocycles. The van der Waals surface area contributed by atoms with E-state index in [1.165, 1.54) is 12.1 Å². The van der Waals surface area contributed by atoms with Crippen molar-refractivity contribution in [2.45, 2.75) is 6.92 Å². The van der Waals surface area contributed by atoms with Crippen molar-refractivity contribution in [2.24, 2.45) is 0 Å². The second-order valence-electron chi connectivity index (χ2n) is 3.92. The fourth-order valence-electron chi connectivity index (χ4n) is 1.50. The van der Waals surface area contributed by atoms with E-state index in [0.29, 0.717) is 12.4 Å². The van der Waals surface area contributed by atoms with Crippen molar-refractivity contribution in [1.82, 2.24) is 10.2 Å². The van der Waals surface area contributed by atoms with Crippen LogP contribution in [0.3, 0.4) is 0 Å². The molecule has 0 bridgehead atoms. The third kappa shape index (κ3) is 3.25. The number of aromatic nitrogens is 2. The van der Waals surface area contributed by atoms with Gasteiger partial charge in [-0.05, 0) is 31.2 Å². The molecule has 1 amide bonds. The zero-order chi connectivity index (χ0) is 14.5. The molecule has 2 aromatic rings. The number of carbonyl (C=O) groups excluding carboxylic acids is 1. The maximum Gasteiger partial charge on any atom is 0.276 e. The Labute approximate surface area is 114 Å². The Hall–Kier alpha value is -2.57. The molecule has 5 nitrogen and oxygen atoms in total. The fraction of sp³-hybridized carbons (Fsp3) is 0.154.